The first-order chi connectivity index (χ1) is 5.18. The summed E-state index contributed by atoms with van der Waals surface area (Å²) in [5.74, 6) is -1.17. The van der Waals surface area contributed by atoms with Gasteiger partial charge in [0.25, 0.3) is 0 Å². The predicted octanol–water partition coefficient (Wildman–Crippen LogP) is -1.41. The highest BCUT2D eigenvalue weighted by molar-refractivity contribution is 5.75. The van der Waals surface area contributed by atoms with E-state index in [0.717, 1.165) is 12.3 Å². The molecule has 0 heterocycles. The average molecular weight is 160 g/mol. The SMILES string of the molecule is NC(C=CONC=O)C(=O)O. The minimum Gasteiger partial charge on any atom is -0.480 e. The lowest BCUT2D eigenvalue weighted by atomic mass is 10.3. The summed E-state index contributed by atoms with van der Waals surface area (Å²) >= 11 is 0. The molecule has 0 bridgehead atoms. The molecule has 6 nitrogen and oxygen atoms in total. The van der Waals surface area contributed by atoms with E-state index in [-0.39, 0.29) is 0 Å². The van der Waals surface area contributed by atoms with Crippen LogP contribution in [0.25, 0.3) is 0 Å². The number of hydrogen-bond donors (Lipinski definition) is 3. The second kappa shape index (κ2) is 5.24. The summed E-state index contributed by atoms with van der Waals surface area (Å²) in [4.78, 5) is 23.9. The van der Waals surface area contributed by atoms with Crippen molar-refractivity contribution in [2.45, 2.75) is 6.04 Å². The fraction of sp³-hybridized carbons (Fsp3) is 0.200. The van der Waals surface area contributed by atoms with Crippen LogP contribution in [-0.2, 0) is 14.4 Å². The van der Waals surface area contributed by atoms with E-state index in [0.29, 0.717) is 6.41 Å². The van der Waals surface area contributed by atoms with Gasteiger partial charge in [-0.2, -0.15) is 5.48 Å². The maximum atomic E-state index is 10.0. The van der Waals surface area contributed by atoms with Crippen LogP contribution in [0, 0.1) is 0 Å². The number of amides is 1. The first-order valence-corrected chi connectivity index (χ1v) is 2.68. The van der Waals surface area contributed by atoms with E-state index in [1.54, 1.807) is 0 Å². The van der Waals surface area contributed by atoms with Gasteiger partial charge in [0.15, 0.2) is 0 Å². The third-order valence-corrected chi connectivity index (χ3v) is 0.755. The van der Waals surface area contributed by atoms with E-state index in [2.05, 4.69) is 4.84 Å². The molecule has 0 aromatic rings. The summed E-state index contributed by atoms with van der Waals surface area (Å²) in [6.07, 6.45) is 2.36. The molecule has 1 unspecified atom stereocenters. The van der Waals surface area contributed by atoms with Gasteiger partial charge in [-0.05, 0) is 6.08 Å². The van der Waals surface area contributed by atoms with Crippen LogP contribution < -0.4 is 11.2 Å². The van der Waals surface area contributed by atoms with Gasteiger partial charge in [-0.1, -0.05) is 0 Å². The van der Waals surface area contributed by atoms with E-state index in [4.69, 9.17) is 10.8 Å². The monoisotopic (exact) mass is 160 g/mol. The fourth-order valence-corrected chi connectivity index (χ4v) is 0.273. The molecule has 1 amide bonds. The fourth-order valence-electron chi connectivity index (χ4n) is 0.273. The van der Waals surface area contributed by atoms with Crippen molar-refractivity contribution in [2.24, 2.45) is 5.73 Å². The lowest BCUT2D eigenvalue weighted by molar-refractivity contribution is -0.137. The van der Waals surface area contributed by atoms with Crippen LogP contribution in [0.3, 0.4) is 0 Å². The van der Waals surface area contributed by atoms with E-state index in [1.165, 1.54) is 0 Å². The number of aliphatic carboxylic acids is 1. The second-order valence-corrected chi connectivity index (χ2v) is 1.55. The van der Waals surface area contributed by atoms with Crippen molar-refractivity contribution in [3.63, 3.8) is 0 Å². The number of carboxylic acid groups (broad SMARTS) is 1. The molecular weight excluding hydrogens is 152 g/mol. The molecule has 0 rings (SSSR count). The van der Waals surface area contributed by atoms with Crippen molar-refractivity contribution in [2.75, 3.05) is 0 Å². The highest BCUT2D eigenvalue weighted by Gasteiger charge is 2.05. The zero-order valence-corrected chi connectivity index (χ0v) is 5.56. The molecule has 0 saturated carbocycles. The lowest BCUT2D eigenvalue weighted by Crippen LogP contribution is -2.27. The van der Waals surface area contributed by atoms with Crippen molar-refractivity contribution in [1.29, 1.82) is 0 Å². The topological polar surface area (TPSA) is 102 Å². The van der Waals surface area contributed by atoms with Crippen molar-refractivity contribution >= 4 is 12.4 Å². The van der Waals surface area contributed by atoms with Crippen molar-refractivity contribution in [3.8, 4) is 0 Å². The summed E-state index contributed by atoms with van der Waals surface area (Å²) < 4.78 is 0. The first-order valence-electron chi connectivity index (χ1n) is 2.68. The van der Waals surface area contributed by atoms with E-state index < -0.39 is 12.0 Å². The Labute approximate surface area is 62.6 Å². The number of nitrogens with two attached hydrogens (primary N) is 1. The summed E-state index contributed by atoms with van der Waals surface area (Å²) in [5.41, 5.74) is 6.84. The molecule has 11 heavy (non-hydrogen) atoms. The Morgan fingerprint density at radius 1 is 1.73 bits per heavy atom. The smallest absolute Gasteiger partial charge is 0.324 e. The Balaban J connectivity index is 3.56. The quantitative estimate of drug-likeness (QED) is 0.198. The maximum absolute atomic E-state index is 10.0. The maximum Gasteiger partial charge on any atom is 0.324 e. The number of carboxylic acids is 1. The van der Waals surface area contributed by atoms with Crippen LogP contribution in [0.5, 0.6) is 0 Å². The molecule has 0 saturated heterocycles. The summed E-state index contributed by atoms with van der Waals surface area (Å²) in [6.45, 7) is 0. The minimum absolute atomic E-state index is 0.302. The molecule has 0 aliphatic carbocycles. The number of carbonyl (C=O) groups excluding carboxylic acids is 1. The van der Waals surface area contributed by atoms with Gasteiger partial charge < -0.3 is 15.7 Å². The van der Waals surface area contributed by atoms with Crippen LogP contribution in [0.15, 0.2) is 12.3 Å². The van der Waals surface area contributed by atoms with Crippen LogP contribution in [-0.4, -0.2) is 23.5 Å². The van der Waals surface area contributed by atoms with Gasteiger partial charge in [0.05, 0.1) is 0 Å². The molecule has 0 aliphatic rings. The molecule has 4 N–H and O–H groups in total. The van der Waals surface area contributed by atoms with Crippen LogP contribution in [0.2, 0.25) is 0 Å². The molecule has 6 heteroatoms. The van der Waals surface area contributed by atoms with E-state index in [9.17, 15) is 9.59 Å². The van der Waals surface area contributed by atoms with Gasteiger partial charge in [0.1, 0.15) is 12.3 Å². The normalized spacial score (nSPS) is 12.5. The van der Waals surface area contributed by atoms with Crippen molar-refractivity contribution < 1.29 is 19.5 Å². The summed E-state index contributed by atoms with van der Waals surface area (Å²) in [5, 5.41) is 8.22. The summed E-state index contributed by atoms with van der Waals surface area (Å²) in [7, 11) is 0. The molecule has 0 aromatic heterocycles. The molecular formula is C5H8N2O4. The Morgan fingerprint density at radius 2 is 2.36 bits per heavy atom. The number of hydroxylamine groups is 1. The number of hydrogen-bond acceptors (Lipinski definition) is 4. The highest BCUT2D eigenvalue weighted by Crippen LogP contribution is 1.81. The van der Waals surface area contributed by atoms with Gasteiger partial charge in [-0.15, -0.1) is 0 Å². The molecule has 0 radical (unpaired) electrons. The van der Waals surface area contributed by atoms with Crippen LogP contribution in [0.1, 0.15) is 0 Å². The molecule has 0 fully saturated rings. The van der Waals surface area contributed by atoms with Gasteiger partial charge >= 0.3 is 5.97 Å². The third kappa shape index (κ3) is 4.91. The van der Waals surface area contributed by atoms with E-state index >= 15 is 0 Å². The average Bonchev–Trinajstić information content (AvgIpc) is 1.97. The Bertz CT molecular complexity index is 168. The van der Waals surface area contributed by atoms with Crippen LogP contribution >= 0.6 is 0 Å². The number of rotatable bonds is 5. The Morgan fingerprint density at radius 3 is 2.82 bits per heavy atom. The molecule has 1 atom stereocenters. The second-order valence-electron chi connectivity index (χ2n) is 1.55. The van der Waals surface area contributed by atoms with Crippen LogP contribution in [0.4, 0.5) is 0 Å². The standard InChI is InChI=1S/C5H8N2O4/c6-4(5(9)10)1-2-11-7-3-8/h1-4H,6H2,(H,7,8)(H,9,10). The summed E-state index contributed by atoms with van der Waals surface area (Å²) in [6, 6.07) is -1.12. The van der Waals surface area contributed by atoms with Gasteiger partial charge in [0.2, 0.25) is 6.41 Å². The van der Waals surface area contributed by atoms with E-state index in [1.807, 2.05) is 5.48 Å². The minimum atomic E-state index is -1.17. The molecule has 0 aromatic carbocycles. The molecule has 0 spiro atoms. The predicted molar refractivity (Wildman–Crippen MR) is 35.0 cm³/mol. The Kier molecular flexibility index (Phi) is 4.50. The van der Waals surface area contributed by atoms with Crippen molar-refractivity contribution in [1.82, 2.24) is 5.48 Å². The first kappa shape index (κ1) is 9.44. The number of carbonyl (C=O) groups is 2. The lowest BCUT2D eigenvalue weighted by Gasteiger charge is -1.97. The van der Waals surface area contributed by atoms with Crippen molar-refractivity contribution in [3.05, 3.63) is 12.3 Å². The highest BCUT2D eigenvalue weighted by atomic mass is 16.6. The third-order valence-electron chi connectivity index (χ3n) is 0.755. The largest absolute Gasteiger partial charge is 0.480 e. The number of nitrogens with one attached hydrogen (secondary N) is 1. The van der Waals surface area contributed by atoms with Gasteiger partial charge in [-0.25, -0.2) is 0 Å². The van der Waals surface area contributed by atoms with Gasteiger partial charge in [0, 0.05) is 0 Å². The van der Waals surface area contributed by atoms with Gasteiger partial charge in [-0.3, -0.25) is 9.59 Å². The molecule has 62 valence electrons. The zero-order chi connectivity index (χ0) is 8.69. The Hall–Kier alpha value is -1.56. The zero-order valence-electron chi connectivity index (χ0n) is 5.56. The molecule has 0 aliphatic heterocycles.